The number of thiazole rings is 1. The van der Waals surface area contributed by atoms with Crippen molar-refractivity contribution in [3.05, 3.63) is 71.1 Å². The van der Waals surface area contributed by atoms with Crippen molar-refractivity contribution < 1.29 is 25.2 Å². The molecule has 2 aromatic carbocycles. The highest BCUT2D eigenvalue weighted by atomic mass is 35.5. The van der Waals surface area contributed by atoms with Crippen LogP contribution in [0.3, 0.4) is 0 Å². The zero-order valence-electron chi connectivity index (χ0n) is 16.1. The van der Waals surface area contributed by atoms with E-state index in [0.29, 0.717) is 11.1 Å². The van der Waals surface area contributed by atoms with Crippen molar-refractivity contribution in [3.63, 3.8) is 0 Å². The van der Waals surface area contributed by atoms with Crippen LogP contribution in [0.25, 0.3) is 10.9 Å². The number of amides is 1. The SMILES string of the molecule is O=C(COc1ccc(F)c(Cl)c1)Nc1ccc(S(=O)(=O)Nc2nccs2)c2cccnc12.[HH].[HH]. The van der Waals surface area contributed by atoms with Crippen molar-refractivity contribution >= 4 is 60.6 Å². The molecule has 8 nitrogen and oxygen atoms in total. The quantitative estimate of drug-likeness (QED) is 0.380. The monoisotopic (exact) mass is 496 g/mol. The average Bonchev–Trinajstić information content (AvgIpc) is 3.27. The third-order valence-corrected chi connectivity index (χ3v) is 6.71. The molecule has 0 radical (unpaired) electrons. The number of sulfonamides is 1. The Morgan fingerprint density at radius 3 is 2.78 bits per heavy atom. The van der Waals surface area contributed by atoms with Gasteiger partial charge in [-0.05, 0) is 36.4 Å². The molecule has 0 spiro atoms. The molecule has 0 aliphatic carbocycles. The highest BCUT2D eigenvalue weighted by Gasteiger charge is 2.21. The molecule has 2 N–H and O–H groups in total. The lowest BCUT2D eigenvalue weighted by atomic mass is 10.2. The van der Waals surface area contributed by atoms with Crippen LogP contribution in [-0.4, -0.2) is 30.9 Å². The Labute approximate surface area is 194 Å². The van der Waals surface area contributed by atoms with E-state index in [2.05, 4.69) is 20.0 Å². The van der Waals surface area contributed by atoms with Crippen molar-refractivity contribution in [3.8, 4) is 5.75 Å². The molecule has 0 atom stereocenters. The normalized spacial score (nSPS) is 11.3. The summed E-state index contributed by atoms with van der Waals surface area (Å²) >= 11 is 6.85. The van der Waals surface area contributed by atoms with Gasteiger partial charge < -0.3 is 10.1 Å². The first-order valence-electron chi connectivity index (χ1n) is 9.01. The fraction of sp³-hybridized carbons (Fsp3) is 0.0500. The van der Waals surface area contributed by atoms with Gasteiger partial charge in [0.15, 0.2) is 11.7 Å². The topological polar surface area (TPSA) is 110 Å². The molecule has 32 heavy (non-hydrogen) atoms. The highest BCUT2D eigenvalue weighted by molar-refractivity contribution is 7.93. The number of ether oxygens (including phenoxy) is 1. The van der Waals surface area contributed by atoms with Gasteiger partial charge in [0, 0.05) is 32.1 Å². The number of carbonyl (C=O) groups is 1. The van der Waals surface area contributed by atoms with Crippen LogP contribution in [0.1, 0.15) is 2.85 Å². The molecule has 12 heteroatoms. The van der Waals surface area contributed by atoms with Gasteiger partial charge >= 0.3 is 0 Å². The minimum absolute atomic E-state index is 0. The van der Waals surface area contributed by atoms with E-state index in [0.717, 1.165) is 17.4 Å². The number of nitrogens with one attached hydrogen (secondary N) is 2. The van der Waals surface area contributed by atoms with E-state index in [9.17, 15) is 17.6 Å². The van der Waals surface area contributed by atoms with Gasteiger partial charge in [0.25, 0.3) is 15.9 Å². The van der Waals surface area contributed by atoms with Crippen LogP contribution in [0.15, 0.2) is 65.1 Å². The van der Waals surface area contributed by atoms with Crippen LogP contribution < -0.4 is 14.8 Å². The molecule has 2 heterocycles. The first-order chi connectivity index (χ1) is 15.3. The van der Waals surface area contributed by atoms with Gasteiger partial charge in [0.2, 0.25) is 0 Å². The number of halogens is 2. The summed E-state index contributed by atoms with van der Waals surface area (Å²) in [6, 6.07) is 9.74. The molecule has 0 saturated carbocycles. The highest BCUT2D eigenvalue weighted by Crippen LogP contribution is 2.29. The predicted octanol–water partition coefficient (Wildman–Crippen LogP) is 4.79. The fourth-order valence-electron chi connectivity index (χ4n) is 2.83. The summed E-state index contributed by atoms with van der Waals surface area (Å²) in [7, 11) is -3.93. The first kappa shape index (κ1) is 21.9. The lowest BCUT2D eigenvalue weighted by Gasteiger charge is -2.13. The maximum Gasteiger partial charge on any atom is 0.264 e. The zero-order valence-corrected chi connectivity index (χ0v) is 18.5. The van der Waals surface area contributed by atoms with E-state index in [1.807, 2.05) is 0 Å². The van der Waals surface area contributed by atoms with E-state index in [1.165, 1.54) is 36.7 Å². The number of nitrogens with zero attached hydrogens (tertiary/aromatic N) is 2. The number of hydrogen-bond donors (Lipinski definition) is 2. The Bertz CT molecular complexity index is 1410. The smallest absolute Gasteiger partial charge is 0.264 e. The van der Waals surface area contributed by atoms with E-state index >= 15 is 0 Å². The maximum absolute atomic E-state index is 13.2. The summed E-state index contributed by atoms with van der Waals surface area (Å²) in [5.74, 6) is -0.890. The first-order valence-corrected chi connectivity index (χ1v) is 11.8. The second kappa shape index (κ2) is 9.07. The van der Waals surface area contributed by atoms with E-state index in [1.54, 1.807) is 17.5 Å². The standard InChI is InChI=1S/C20H14ClFN4O4S2.2H2/c21-14-10-12(3-4-15(14)22)30-11-18(27)25-16-5-6-17(13-2-1-7-23-19(13)16)32(28,29)26-20-24-8-9-31-20;;/h1-10H,11H2,(H,24,26)(H,25,27);2*1H. The molecule has 0 saturated heterocycles. The molecule has 1 amide bonds. The van der Waals surface area contributed by atoms with Gasteiger partial charge in [0.1, 0.15) is 11.6 Å². The van der Waals surface area contributed by atoms with Crippen LogP contribution in [0.2, 0.25) is 5.02 Å². The Morgan fingerprint density at radius 2 is 2.03 bits per heavy atom. The van der Waals surface area contributed by atoms with Crippen molar-refractivity contribution in [1.29, 1.82) is 0 Å². The fourth-order valence-corrected chi connectivity index (χ4v) is 4.99. The molecular weight excluding hydrogens is 479 g/mol. The second-order valence-corrected chi connectivity index (χ2v) is 9.32. The number of aromatic nitrogens is 2. The van der Waals surface area contributed by atoms with Crippen molar-refractivity contribution in [2.24, 2.45) is 0 Å². The van der Waals surface area contributed by atoms with E-state index < -0.39 is 21.7 Å². The summed E-state index contributed by atoms with van der Waals surface area (Å²) in [5.41, 5.74) is 0.590. The Morgan fingerprint density at radius 1 is 1.19 bits per heavy atom. The molecular formula is C20H18ClFN4O4S2. The lowest BCUT2D eigenvalue weighted by molar-refractivity contribution is -0.118. The molecule has 0 unspecified atom stereocenters. The Balaban J connectivity index is 0.00000204. The Hall–Kier alpha value is -3.28. The molecule has 0 bridgehead atoms. The zero-order chi connectivity index (χ0) is 22.7. The van der Waals surface area contributed by atoms with Crippen LogP contribution in [0.5, 0.6) is 5.75 Å². The minimum atomic E-state index is -3.93. The van der Waals surface area contributed by atoms with E-state index in [-0.39, 0.29) is 35.8 Å². The van der Waals surface area contributed by atoms with Crippen molar-refractivity contribution in [2.45, 2.75) is 4.90 Å². The lowest BCUT2D eigenvalue weighted by Crippen LogP contribution is -2.21. The predicted molar refractivity (Wildman–Crippen MR) is 124 cm³/mol. The van der Waals surface area contributed by atoms with Crippen LogP contribution >= 0.6 is 22.9 Å². The van der Waals surface area contributed by atoms with Crippen LogP contribution in [-0.2, 0) is 14.8 Å². The summed E-state index contributed by atoms with van der Waals surface area (Å²) in [6.07, 6.45) is 2.97. The largest absolute Gasteiger partial charge is 0.484 e. The number of fused-ring (bicyclic) bond motifs is 1. The van der Waals surface area contributed by atoms with Crippen molar-refractivity contribution in [2.75, 3.05) is 16.6 Å². The summed E-state index contributed by atoms with van der Waals surface area (Å²) in [4.78, 5) is 20.5. The molecule has 2 aromatic heterocycles. The number of pyridine rings is 1. The van der Waals surface area contributed by atoms with Gasteiger partial charge in [0.05, 0.1) is 21.1 Å². The van der Waals surface area contributed by atoms with E-state index in [4.69, 9.17) is 16.3 Å². The third-order valence-electron chi connectivity index (χ3n) is 4.21. The summed E-state index contributed by atoms with van der Waals surface area (Å²) in [6.45, 7) is -0.373. The van der Waals surface area contributed by atoms with Crippen LogP contribution in [0.4, 0.5) is 15.2 Å². The maximum atomic E-state index is 13.2. The Kier molecular flexibility index (Phi) is 6.21. The van der Waals surface area contributed by atoms with Gasteiger partial charge in [-0.2, -0.15) is 0 Å². The van der Waals surface area contributed by atoms with Gasteiger partial charge in [-0.3, -0.25) is 14.5 Å². The van der Waals surface area contributed by atoms with Gasteiger partial charge in [-0.15, -0.1) is 11.3 Å². The molecule has 0 fully saturated rings. The molecule has 0 aliphatic heterocycles. The average molecular weight is 497 g/mol. The minimum Gasteiger partial charge on any atom is -0.484 e. The van der Waals surface area contributed by atoms with Crippen LogP contribution in [0, 0.1) is 5.82 Å². The summed E-state index contributed by atoms with van der Waals surface area (Å²) in [5, 5.41) is 4.73. The van der Waals surface area contributed by atoms with Gasteiger partial charge in [-0.1, -0.05) is 11.6 Å². The van der Waals surface area contributed by atoms with Crippen molar-refractivity contribution in [1.82, 2.24) is 9.97 Å². The number of hydrogen-bond acceptors (Lipinski definition) is 7. The molecule has 4 aromatic rings. The van der Waals surface area contributed by atoms with Gasteiger partial charge in [-0.25, -0.2) is 17.8 Å². The third kappa shape index (κ3) is 4.79. The number of carbonyl (C=O) groups excluding carboxylic acids is 1. The molecule has 4 rings (SSSR count). The summed E-state index contributed by atoms with van der Waals surface area (Å²) < 4.78 is 46.7. The number of rotatable bonds is 7. The molecule has 0 aliphatic rings. The second-order valence-electron chi connectivity index (χ2n) is 6.37. The number of benzene rings is 2. The number of anilines is 2. The molecule has 168 valence electrons.